The second-order valence-corrected chi connectivity index (χ2v) is 6.83. The highest BCUT2D eigenvalue weighted by Gasteiger charge is 2.45. The maximum Gasteiger partial charge on any atom is 0.253 e. The average Bonchev–Trinajstić information content (AvgIpc) is 3.05. The molecular weight excluding hydrogens is 319 g/mol. The van der Waals surface area contributed by atoms with E-state index in [1.54, 1.807) is 24.5 Å². The predicted molar refractivity (Wildman–Crippen MR) is 92.9 cm³/mol. The fourth-order valence-corrected chi connectivity index (χ4v) is 4.13. The Labute approximate surface area is 146 Å². The molecule has 3 heterocycles. The van der Waals surface area contributed by atoms with Crippen LogP contribution in [0.25, 0.3) is 0 Å². The van der Waals surface area contributed by atoms with Gasteiger partial charge in [-0.25, -0.2) is 14.4 Å². The van der Waals surface area contributed by atoms with Crippen molar-refractivity contribution in [3.05, 3.63) is 54.1 Å². The lowest BCUT2D eigenvalue weighted by Gasteiger charge is -2.45. The Hall–Kier alpha value is -2.50. The molecule has 0 aliphatic carbocycles. The van der Waals surface area contributed by atoms with E-state index in [0.717, 1.165) is 38.2 Å². The second-order valence-electron chi connectivity index (χ2n) is 6.83. The Morgan fingerprint density at radius 2 is 1.80 bits per heavy atom. The summed E-state index contributed by atoms with van der Waals surface area (Å²) in [7, 11) is 0. The number of piperidine rings is 1. The number of anilines is 1. The van der Waals surface area contributed by atoms with Crippen molar-refractivity contribution < 1.29 is 9.18 Å². The second kappa shape index (κ2) is 6.43. The number of nitrogens with zero attached hydrogens (tertiary/aromatic N) is 4. The third kappa shape index (κ3) is 2.97. The molecule has 0 atom stereocenters. The molecule has 2 aromatic rings. The molecule has 5 nitrogen and oxygen atoms in total. The topological polar surface area (TPSA) is 49.3 Å². The zero-order chi connectivity index (χ0) is 17.3. The maximum atomic E-state index is 13.4. The van der Waals surface area contributed by atoms with Gasteiger partial charge < -0.3 is 9.80 Å². The molecule has 2 saturated heterocycles. The highest BCUT2D eigenvalue weighted by Crippen LogP contribution is 2.40. The van der Waals surface area contributed by atoms with Crippen LogP contribution in [-0.2, 0) is 0 Å². The van der Waals surface area contributed by atoms with Gasteiger partial charge in [0.2, 0.25) is 5.95 Å². The number of hydrogen-bond donors (Lipinski definition) is 0. The molecule has 2 fully saturated rings. The van der Waals surface area contributed by atoms with Crippen molar-refractivity contribution in [3.8, 4) is 0 Å². The standard InChI is InChI=1S/C19H21FN4O/c20-16-5-1-4-15(14-16)17(25)23-12-7-19(8-13-23)6-2-11-24(19)18-21-9-3-10-22-18/h1,3-5,9-10,14H,2,6-8,11-13H2. The molecule has 0 saturated carbocycles. The van der Waals surface area contributed by atoms with E-state index in [1.165, 1.54) is 12.1 Å². The van der Waals surface area contributed by atoms with E-state index in [4.69, 9.17) is 0 Å². The molecule has 1 aromatic heterocycles. The fourth-order valence-electron chi connectivity index (χ4n) is 4.13. The Bertz CT molecular complexity index is 759. The van der Waals surface area contributed by atoms with Gasteiger partial charge in [0, 0.05) is 43.1 Å². The lowest BCUT2D eigenvalue weighted by Crippen LogP contribution is -2.53. The predicted octanol–water partition coefficient (Wildman–Crippen LogP) is 2.89. The van der Waals surface area contributed by atoms with Crippen LogP contribution in [0, 0.1) is 5.82 Å². The highest BCUT2D eigenvalue weighted by atomic mass is 19.1. The van der Waals surface area contributed by atoms with Crippen molar-refractivity contribution in [2.45, 2.75) is 31.2 Å². The number of likely N-dealkylation sites (tertiary alicyclic amines) is 1. The summed E-state index contributed by atoms with van der Waals surface area (Å²) in [6, 6.07) is 7.76. The molecule has 1 spiro atoms. The van der Waals surface area contributed by atoms with Crippen molar-refractivity contribution in [1.29, 1.82) is 0 Å². The van der Waals surface area contributed by atoms with Gasteiger partial charge in [0.25, 0.3) is 5.91 Å². The van der Waals surface area contributed by atoms with Crippen molar-refractivity contribution in [1.82, 2.24) is 14.9 Å². The minimum Gasteiger partial charge on any atom is -0.338 e. The van der Waals surface area contributed by atoms with E-state index in [1.807, 2.05) is 11.0 Å². The summed E-state index contributed by atoms with van der Waals surface area (Å²) >= 11 is 0. The number of benzene rings is 1. The normalized spacial score (nSPS) is 19.4. The Balaban J connectivity index is 1.48. The van der Waals surface area contributed by atoms with Crippen LogP contribution in [-0.4, -0.2) is 45.9 Å². The van der Waals surface area contributed by atoms with E-state index in [9.17, 15) is 9.18 Å². The van der Waals surface area contributed by atoms with Crippen LogP contribution in [0.15, 0.2) is 42.7 Å². The number of carbonyl (C=O) groups excluding carboxylic acids is 1. The van der Waals surface area contributed by atoms with Crippen molar-refractivity contribution in [2.24, 2.45) is 0 Å². The van der Waals surface area contributed by atoms with E-state index >= 15 is 0 Å². The zero-order valence-electron chi connectivity index (χ0n) is 14.1. The van der Waals surface area contributed by atoms with Crippen molar-refractivity contribution in [3.63, 3.8) is 0 Å². The van der Waals surface area contributed by atoms with E-state index in [-0.39, 0.29) is 17.3 Å². The molecule has 130 valence electrons. The molecule has 2 aliphatic rings. The summed E-state index contributed by atoms with van der Waals surface area (Å²) in [5, 5.41) is 0. The first kappa shape index (κ1) is 16.0. The minimum absolute atomic E-state index is 0.0417. The van der Waals surface area contributed by atoms with Crippen LogP contribution < -0.4 is 4.90 Å². The molecular formula is C19H21FN4O. The Kier molecular flexibility index (Phi) is 4.11. The largest absolute Gasteiger partial charge is 0.338 e. The molecule has 25 heavy (non-hydrogen) atoms. The van der Waals surface area contributed by atoms with Crippen LogP contribution in [0.3, 0.4) is 0 Å². The maximum absolute atomic E-state index is 13.4. The van der Waals surface area contributed by atoms with Crippen LogP contribution in [0.1, 0.15) is 36.0 Å². The first-order valence-electron chi connectivity index (χ1n) is 8.77. The average molecular weight is 340 g/mol. The monoisotopic (exact) mass is 340 g/mol. The van der Waals surface area contributed by atoms with Crippen LogP contribution in [0.5, 0.6) is 0 Å². The number of amides is 1. The number of aromatic nitrogens is 2. The van der Waals surface area contributed by atoms with Crippen LogP contribution in [0.4, 0.5) is 10.3 Å². The molecule has 1 amide bonds. The molecule has 0 radical (unpaired) electrons. The Morgan fingerprint density at radius 3 is 2.52 bits per heavy atom. The van der Waals surface area contributed by atoms with Crippen molar-refractivity contribution >= 4 is 11.9 Å². The number of halogens is 1. The van der Waals surface area contributed by atoms with Crippen LogP contribution in [0.2, 0.25) is 0 Å². The number of rotatable bonds is 2. The molecule has 6 heteroatoms. The molecule has 4 rings (SSSR count). The third-order valence-electron chi connectivity index (χ3n) is 5.44. The van der Waals surface area contributed by atoms with E-state index in [2.05, 4.69) is 14.9 Å². The minimum atomic E-state index is -0.373. The van der Waals surface area contributed by atoms with Gasteiger partial charge in [-0.05, 0) is 49.9 Å². The summed E-state index contributed by atoms with van der Waals surface area (Å²) in [5.74, 6) is 0.322. The third-order valence-corrected chi connectivity index (χ3v) is 5.44. The van der Waals surface area contributed by atoms with Crippen molar-refractivity contribution in [2.75, 3.05) is 24.5 Å². The smallest absolute Gasteiger partial charge is 0.253 e. The van der Waals surface area contributed by atoms with E-state index in [0.29, 0.717) is 18.7 Å². The van der Waals surface area contributed by atoms with Gasteiger partial charge in [-0.3, -0.25) is 4.79 Å². The lowest BCUT2D eigenvalue weighted by atomic mass is 9.85. The SMILES string of the molecule is O=C(c1cccc(F)c1)N1CCC2(CCCN2c2ncccn2)CC1. The molecule has 1 aromatic carbocycles. The molecule has 0 N–H and O–H groups in total. The quantitative estimate of drug-likeness (QED) is 0.843. The highest BCUT2D eigenvalue weighted by molar-refractivity contribution is 5.94. The van der Waals surface area contributed by atoms with Crippen LogP contribution >= 0.6 is 0 Å². The first-order chi connectivity index (χ1) is 12.2. The molecule has 2 aliphatic heterocycles. The molecule has 0 unspecified atom stereocenters. The van der Waals surface area contributed by atoms with Gasteiger partial charge >= 0.3 is 0 Å². The number of hydrogen-bond acceptors (Lipinski definition) is 4. The summed E-state index contributed by atoms with van der Waals surface area (Å²) in [5.41, 5.74) is 0.464. The van der Waals surface area contributed by atoms with Gasteiger partial charge in [0.05, 0.1) is 0 Å². The summed E-state index contributed by atoms with van der Waals surface area (Å²) < 4.78 is 13.4. The zero-order valence-corrected chi connectivity index (χ0v) is 14.1. The van der Waals surface area contributed by atoms with Gasteiger partial charge in [-0.15, -0.1) is 0 Å². The van der Waals surface area contributed by atoms with Gasteiger partial charge in [-0.1, -0.05) is 6.07 Å². The van der Waals surface area contributed by atoms with E-state index < -0.39 is 0 Å². The molecule has 0 bridgehead atoms. The summed E-state index contributed by atoms with van der Waals surface area (Å²) in [6.45, 7) is 2.32. The fraction of sp³-hybridized carbons (Fsp3) is 0.421. The van der Waals surface area contributed by atoms with Gasteiger partial charge in [0.15, 0.2) is 0 Å². The van der Waals surface area contributed by atoms with Gasteiger partial charge in [0.1, 0.15) is 5.82 Å². The first-order valence-corrected chi connectivity index (χ1v) is 8.77. The van der Waals surface area contributed by atoms with Gasteiger partial charge in [-0.2, -0.15) is 0 Å². The Morgan fingerprint density at radius 1 is 1.04 bits per heavy atom. The summed E-state index contributed by atoms with van der Waals surface area (Å²) in [6.07, 6.45) is 7.57. The lowest BCUT2D eigenvalue weighted by molar-refractivity contribution is 0.0671. The summed E-state index contributed by atoms with van der Waals surface area (Å²) in [4.78, 5) is 25.6. The number of carbonyl (C=O) groups is 1.